The van der Waals surface area contributed by atoms with Crippen LogP contribution in [0, 0.1) is 13.8 Å². The molecule has 1 aromatic heterocycles. The summed E-state index contributed by atoms with van der Waals surface area (Å²) in [5, 5.41) is 3.71. The summed E-state index contributed by atoms with van der Waals surface area (Å²) in [6.45, 7) is 8.82. The Labute approximate surface area is 161 Å². The number of aryl methyl sites for hydroxylation is 2. The molecule has 26 heavy (non-hydrogen) atoms. The van der Waals surface area contributed by atoms with Crippen molar-refractivity contribution >= 4 is 32.1 Å². The minimum absolute atomic E-state index is 0.0983. The molecule has 2 heterocycles. The number of benzene rings is 2. The monoisotopic (exact) mass is 382 g/mol. The third kappa shape index (κ3) is 2.85. The Morgan fingerprint density at radius 3 is 2.38 bits per heavy atom. The van der Waals surface area contributed by atoms with E-state index in [9.17, 15) is 0 Å². The topological polar surface area (TPSA) is 33.6 Å². The Balaban J connectivity index is 1.94. The molecule has 3 nitrogen and oxygen atoms in total. The molecule has 0 atom stereocenters. The number of hydrogen-bond donors (Lipinski definition) is 1. The van der Waals surface area contributed by atoms with Crippen LogP contribution in [0.15, 0.2) is 41.4 Å². The van der Waals surface area contributed by atoms with Crippen LogP contribution in [-0.2, 0) is 5.54 Å². The van der Waals surface area contributed by atoms with Gasteiger partial charge in [-0.2, -0.15) is 0 Å². The molecule has 0 saturated carbocycles. The minimum atomic E-state index is -0.0983. The van der Waals surface area contributed by atoms with E-state index in [1.165, 1.54) is 32.8 Å². The van der Waals surface area contributed by atoms with Gasteiger partial charge in [0, 0.05) is 16.8 Å². The predicted octanol–water partition coefficient (Wildman–Crippen LogP) is 6.00. The number of rotatable bonds is 2. The largest absolute Gasteiger partial charge is 0.497 e. The van der Waals surface area contributed by atoms with Crippen LogP contribution < -0.4 is 14.7 Å². The van der Waals surface area contributed by atoms with Crippen molar-refractivity contribution in [2.75, 3.05) is 12.4 Å². The fraction of sp³-hybridized carbons (Fsp3) is 0.286. The summed E-state index contributed by atoms with van der Waals surface area (Å²) in [5.41, 5.74) is 7.20. The molecule has 0 fully saturated rings. The minimum Gasteiger partial charge on any atom is -0.497 e. The number of nitrogens with zero attached hydrogens (tertiary/aromatic N) is 1. The van der Waals surface area contributed by atoms with Crippen molar-refractivity contribution in [2.24, 2.45) is 4.99 Å². The van der Waals surface area contributed by atoms with Gasteiger partial charge in [-0.05, 0) is 75.2 Å². The second kappa shape index (κ2) is 6.25. The highest BCUT2D eigenvalue weighted by Gasteiger charge is 2.33. The molecule has 0 spiro atoms. The first-order valence-electron chi connectivity index (χ1n) is 8.61. The summed E-state index contributed by atoms with van der Waals surface area (Å²) in [4.78, 5) is 6.30. The van der Waals surface area contributed by atoms with Gasteiger partial charge in [-0.3, -0.25) is 0 Å². The molecule has 1 aliphatic heterocycles. The van der Waals surface area contributed by atoms with Gasteiger partial charge in [0.1, 0.15) is 10.4 Å². The summed E-state index contributed by atoms with van der Waals surface area (Å²) < 4.78 is 6.33. The van der Waals surface area contributed by atoms with E-state index in [2.05, 4.69) is 45.1 Å². The normalized spacial score (nSPS) is 15.2. The highest BCUT2D eigenvalue weighted by atomic mass is 32.9. The van der Waals surface area contributed by atoms with Gasteiger partial charge in [0.15, 0.2) is 0 Å². The number of methoxy groups -OCH3 is 1. The zero-order chi connectivity index (χ0) is 18.5. The van der Waals surface area contributed by atoms with E-state index in [4.69, 9.17) is 9.73 Å². The van der Waals surface area contributed by atoms with Crippen molar-refractivity contribution in [1.82, 2.24) is 0 Å². The van der Waals surface area contributed by atoms with Crippen molar-refractivity contribution < 1.29 is 4.74 Å². The summed E-state index contributed by atoms with van der Waals surface area (Å²) in [5.74, 6) is 0.849. The molecule has 0 aliphatic carbocycles. The van der Waals surface area contributed by atoms with E-state index < -0.39 is 0 Å². The molecule has 1 aliphatic rings. The van der Waals surface area contributed by atoms with Crippen molar-refractivity contribution in [3.05, 3.63) is 57.1 Å². The van der Waals surface area contributed by atoms with E-state index in [-0.39, 0.29) is 5.54 Å². The molecule has 4 rings (SSSR count). The lowest BCUT2D eigenvalue weighted by Gasteiger charge is -2.33. The lowest BCUT2D eigenvalue weighted by molar-refractivity contribution is 0.415. The third-order valence-corrected chi connectivity index (χ3v) is 7.51. The highest BCUT2D eigenvalue weighted by Crippen LogP contribution is 2.46. The van der Waals surface area contributed by atoms with Crippen LogP contribution in [0.1, 0.15) is 29.9 Å². The molecular formula is C21H22N2OS2. The maximum absolute atomic E-state index is 5.25. The molecule has 3 aromatic rings. The average molecular weight is 383 g/mol. The van der Waals surface area contributed by atoms with Gasteiger partial charge in [-0.15, -0.1) is 0 Å². The van der Waals surface area contributed by atoms with Crippen molar-refractivity contribution in [1.29, 1.82) is 0 Å². The van der Waals surface area contributed by atoms with Crippen molar-refractivity contribution in [3.8, 4) is 16.9 Å². The summed E-state index contributed by atoms with van der Waals surface area (Å²) in [6.07, 6.45) is 0. The molecular weight excluding hydrogens is 360 g/mol. The van der Waals surface area contributed by atoms with E-state index in [0.717, 1.165) is 16.1 Å². The fourth-order valence-corrected chi connectivity index (χ4v) is 6.22. The predicted molar refractivity (Wildman–Crippen MR) is 112 cm³/mol. The van der Waals surface area contributed by atoms with Gasteiger partial charge < -0.3 is 10.1 Å². The molecule has 0 unspecified atom stereocenters. The van der Waals surface area contributed by atoms with E-state index in [1.807, 2.05) is 34.6 Å². The van der Waals surface area contributed by atoms with Crippen LogP contribution in [0.2, 0.25) is 0 Å². The van der Waals surface area contributed by atoms with Gasteiger partial charge in [0.05, 0.1) is 23.2 Å². The second-order valence-electron chi connectivity index (χ2n) is 7.22. The van der Waals surface area contributed by atoms with E-state index in [1.54, 1.807) is 17.5 Å². The molecule has 134 valence electrons. The second-order valence-corrected chi connectivity index (χ2v) is 9.35. The molecule has 0 amide bonds. The lowest BCUT2D eigenvalue weighted by Crippen LogP contribution is -2.31. The zero-order valence-corrected chi connectivity index (χ0v) is 17.3. The Morgan fingerprint density at radius 2 is 1.69 bits per heavy atom. The van der Waals surface area contributed by atoms with Crippen LogP contribution in [0.3, 0.4) is 0 Å². The Morgan fingerprint density at radius 1 is 1.00 bits per heavy atom. The van der Waals surface area contributed by atoms with Crippen LogP contribution in [0.25, 0.3) is 11.1 Å². The first kappa shape index (κ1) is 17.3. The van der Waals surface area contributed by atoms with Gasteiger partial charge in [0.25, 0.3) is 0 Å². The zero-order valence-electron chi connectivity index (χ0n) is 15.6. The van der Waals surface area contributed by atoms with Gasteiger partial charge in [-0.25, -0.2) is 4.99 Å². The van der Waals surface area contributed by atoms with Crippen LogP contribution in [-0.4, -0.2) is 7.11 Å². The first-order valence-corrected chi connectivity index (χ1v) is 10.8. The maximum Gasteiger partial charge on any atom is 0.135 e. The Hall–Kier alpha value is -2.11. The SMILES string of the molecule is COc1ccc(N=c2ssc3c2-c2cc(C)c(C)cc2NC3(C)C)cc1. The average Bonchev–Trinajstić information content (AvgIpc) is 3.02. The van der Waals surface area contributed by atoms with Gasteiger partial charge >= 0.3 is 0 Å². The van der Waals surface area contributed by atoms with E-state index >= 15 is 0 Å². The number of anilines is 1. The molecule has 0 bridgehead atoms. The number of nitrogens with one attached hydrogen (secondary N) is 1. The number of hydrogen-bond acceptors (Lipinski definition) is 5. The standard InChI is InChI=1S/C21H22N2OS2/c1-12-10-16-17(11-13(12)2)23-21(3,4)19-18(16)20(26-25-19)22-14-6-8-15(24-5)9-7-14/h6-11,23H,1-5H3. The first-order chi connectivity index (χ1) is 12.4. The van der Waals surface area contributed by atoms with Gasteiger partial charge in [0.2, 0.25) is 0 Å². The Kier molecular flexibility index (Phi) is 4.16. The summed E-state index contributed by atoms with van der Waals surface area (Å²) in [6, 6.07) is 12.5. The lowest BCUT2D eigenvalue weighted by atomic mass is 9.88. The maximum atomic E-state index is 5.25. The summed E-state index contributed by atoms with van der Waals surface area (Å²) >= 11 is 0. The van der Waals surface area contributed by atoms with E-state index in [0.29, 0.717) is 0 Å². The van der Waals surface area contributed by atoms with Crippen LogP contribution in [0.5, 0.6) is 5.75 Å². The smallest absolute Gasteiger partial charge is 0.135 e. The molecule has 2 aromatic carbocycles. The quantitative estimate of drug-likeness (QED) is 0.552. The van der Waals surface area contributed by atoms with Crippen LogP contribution in [0.4, 0.5) is 11.4 Å². The van der Waals surface area contributed by atoms with Gasteiger partial charge in [-0.1, -0.05) is 20.7 Å². The van der Waals surface area contributed by atoms with Crippen molar-refractivity contribution in [2.45, 2.75) is 33.2 Å². The molecule has 1 N–H and O–H groups in total. The Bertz CT molecular complexity index is 1040. The number of ether oxygens (including phenoxy) is 1. The summed E-state index contributed by atoms with van der Waals surface area (Å²) in [7, 11) is 5.25. The number of fused-ring (bicyclic) bond motifs is 3. The highest BCUT2D eigenvalue weighted by molar-refractivity contribution is 7.68. The fourth-order valence-electron chi connectivity index (χ4n) is 3.28. The molecule has 0 radical (unpaired) electrons. The molecule has 0 saturated heterocycles. The van der Waals surface area contributed by atoms with Crippen molar-refractivity contribution in [3.63, 3.8) is 0 Å². The van der Waals surface area contributed by atoms with Crippen LogP contribution >= 0.6 is 20.7 Å². The third-order valence-electron chi connectivity index (χ3n) is 4.87. The molecule has 5 heteroatoms.